The largest absolute Gasteiger partial charge is 0.508 e. The van der Waals surface area contributed by atoms with Crippen LogP contribution in [0.4, 0.5) is 0 Å². The molecule has 134 valence electrons. The molecular weight excluding hydrogens is 316 g/mol. The van der Waals surface area contributed by atoms with E-state index in [2.05, 4.69) is 6.92 Å². The van der Waals surface area contributed by atoms with Gasteiger partial charge in [0.15, 0.2) is 0 Å². The van der Waals surface area contributed by atoms with E-state index in [1.165, 1.54) is 0 Å². The highest BCUT2D eigenvalue weighted by atomic mass is 16.5. The molecule has 0 aliphatic rings. The Balaban J connectivity index is 2.65. The second-order valence-electron chi connectivity index (χ2n) is 6.56. The minimum Gasteiger partial charge on any atom is -0.508 e. The molecule has 0 aliphatic heterocycles. The van der Waals surface area contributed by atoms with Crippen molar-refractivity contribution >= 4 is 5.97 Å². The standard InChI is InChI=1S/C21H26O4/c1-4-5-14-21(20(24)25-15(2)3,16-6-10-18(22)11-7-16)17-8-12-19(23)13-9-17/h6-13,15,22-23H,4-5,14H2,1-3H3. The highest BCUT2D eigenvalue weighted by Crippen LogP contribution is 2.40. The normalized spacial score (nSPS) is 11.5. The Morgan fingerprint density at radius 3 is 1.76 bits per heavy atom. The molecule has 0 amide bonds. The Bertz CT molecular complexity index is 641. The van der Waals surface area contributed by atoms with E-state index >= 15 is 0 Å². The molecule has 2 N–H and O–H groups in total. The maximum absolute atomic E-state index is 13.2. The van der Waals surface area contributed by atoms with E-state index < -0.39 is 5.41 Å². The summed E-state index contributed by atoms with van der Waals surface area (Å²) in [5, 5.41) is 19.3. The van der Waals surface area contributed by atoms with Crippen molar-refractivity contribution in [1.29, 1.82) is 0 Å². The summed E-state index contributed by atoms with van der Waals surface area (Å²) in [6.07, 6.45) is 2.13. The first-order chi connectivity index (χ1) is 11.9. The Kier molecular flexibility index (Phi) is 6.07. The van der Waals surface area contributed by atoms with Gasteiger partial charge in [-0.2, -0.15) is 0 Å². The van der Waals surface area contributed by atoms with Gasteiger partial charge in [0.1, 0.15) is 16.9 Å². The van der Waals surface area contributed by atoms with Crippen LogP contribution in [0.3, 0.4) is 0 Å². The van der Waals surface area contributed by atoms with Gasteiger partial charge < -0.3 is 14.9 Å². The van der Waals surface area contributed by atoms with Crippen LogP contribution in [0.5, 0.6) is 11.5 Å². The fourth-order valence-corrected chi connectivity index (χ4v) is 3.04. The summed E-state index contributed by atoms with van der Waals surface area (Å²) < 4.78 is 5.62. The smallest absolute Gasteiger partial charge is 0.321 e. The van der Waals surface area contributed by atoms with E-state index in [0.717, 1.165) is 24.0 Å². The minimum absolute atomic E-state index is 0.149. The third kappa shape index (κ3) is 4.13. The molecule has 0 unspecified atom stereocenters. The fourth-order valence-electron chi connectivity index (χ4n) is 3.04. The van der Waals surface area contributed by atoms with Crippen molar-refractivity contribution in [2.75, 3.05) is 0 Å². The van der Waals surface area contributed by atoms with Gasteiger partial charge in [-0.05, 0) is 55.7 Å². The molecule has 0 spiro atoms. The summed E-state index contributed by atoms with van der Waals surface area (Å²) in [5.74, 6) is -0.0144. The number of phenolic OH excluding ortho intramolecular Hbond substituents is 2. The first-order valence-electron chi connectivity index (χ1n) is 8.70. The lowest BCUT2D eigenvalue weighted by Crippen LogP contribution is -2.40. The van der Waals surface area contributed by atoms with Crippen molar-refractivity contribution in [3.05, 3.63) is 59.7 Å². The predicted molar refractivity (Wildman–Crippen MR) is 97.7 cm³/mol. The van der Waals surface area contributed by atoms with Crippen molar-refractivity contribution in [2.45, 2.75) is 51.6 Å². The van der Waals surface area contributed by atoms with Crippen molar-refractivity contribution in [3.63, 3.8) is 0 Å². The van der Waals surface area contributed by atoms with Crippen molar-refractivity contribution in [2.24, 2.45) is 0 Å². The SMILES string of the molecule is CCCCC(C(=O)OC(C)C)(c1ccc(O)cc1)c1ccc(O)cc1. The number of phenols is 2. The predicted octanol–water partition coefficient (Wildman–Crippen LogP) is 4.53. The number of aromatic hydroxyl groups is 2. The Morgan fingerprint density at radius 2 is 1.40 bits per heavy atom. The van der Waals surface area contributed by atoms with E-state index in [0.29, 0.717) is 6.42 Å². The average molecular weight is 342 g/mol. The number of benzene rings is 2. The van der Waals surface area contributed by atoms with Gasteiger partial charge in [0.2, 0.25) is 0 Å². The number of carbonyl (C=O) groups excluding carboxylic acids is 1. The summed E-state index contributed by atoms with van der Waals surface area (Å²) >= 11 is 0. The maximum Gasteiger partial charge on any atom is 0.321 e. The molecule has 25 heavy (non-hydrogen) atoms. The number of unbranched alkanes of at least 4 members (excludes halogenated alkanes) is 1. The van der Waals surface area contributed by atoms with Crippen molar-refractivity contribution in [1.82, 2.24) is 0 Å². The lowest BCUT2D eigenvalue weighted by Gasteiger charge is -2.33. The quantitative estimate of drug-likeness (QED) is 0.726. The van der Waals surface area contributed by atoms with E-state index in [4.69, 9.17) is 4.74 Å². The van der Waals surface area contributed by atoms with Crippen LogP contribution in [0.15, 0.2) is 48.5 Å². The number of esters is 1. The van der Waals surface area contributed by atoms with Gasteiger partial charge in [-0.25, -0.2) is 0 Å². The van der Waals surface area contributed by atoms with E-state index in [9.17, 15) is 15.0 Å². The maximum atomic E-state index is 13.2. The summed E-state index contributed by atoms with van der Waals surface area (Å²) in [6, 6.07) is 13.4. The molecule has 0 atom stereocenters. The third-order valence-corrected chi connectivity index (χ3v) is 4.32. The number of rotatable bonds is 7. The number of ether oxygens (including phenoxy) is 1. The minimum atomic E-state index is -0.971. The molecule has 2 aromatic carbocycles. The molecule has 0 aliphatic carbocycles. The second kappa shape index (κ2) is 8.06. The third-order valence-electron chi connectivity index (χ3n) is 4.32. The second-order valence-corrected chi connectivity index (χ2v) is 6.56. The van der Waals surface area contributed by atoms with Gasteiger partial charge in [-0.3, -0.25) is 4.79 Å². The Labute approximate surface area is 149 Å². The molecule has 2 aromatic rings. The van der Waals surface area contributed by atoms with Gasteiger partial charge in [-0.15, -0.1) is 0 Å². The molecule has 2 rings (SSSR count). The van der Waals surface area contributed by atoms with Crippen LogP contribution in [0, 0.1) is 0 Å². The Hall–Kier alpha value is -2.49. The van der Waals surface area contributed by atoms with Crippen LogP contribution in [0.1, 0.15) is 51.2 Å². The average Bonchev–Trinajstić information content (AvgIpc) is 2.57. The first kappa shape index (κ1) is 18.8. The van der Waals surface area contributed by atoms with E-state index in [-0.39, 0.29) is 23.6 Å². The topological polar surface area (TPSA) is 66.8 Å². The summed E-state index contributed by atoms with van der Waals surface area (Å²) in [5.41, 5.74) is 0.576. The summed E-state index contributed by atoms with van der Waals surface area (Å²) in [4.78, 5) is 13.2. The first-order valence-corrected chi connectivity index (χ1v) is 8.70. The fraction of sp³-hybridized carbons (Fsp3) is 0.381. The molecule has 0 radical (unpaired) electrons. The van der Waals surface area contributed by atoms with Crippen LogP contribution in [-0.2, 0) is 14.9 Å². The number of hydrogen-bond donors (Lipinski definition) is 2. The highest BCUT2D eigenvalue weighted by Gasteiger charge is 2.43. The molecule has 0 saturated carbocycles. The zero-order valence-electron chi connectivity index (χ0n) is 15.0. The van der Waals surface area contributed by atoms with Gasteiger partial charge in [0.25, 0.3) is 0 Å². The van der Waals surface area contributed by atoms with Crippen LogP contribution in [-0.4, -0.2) is 22.3 Å². The lowest BCUT2D eigenvalue weighted by atomic mass is 9.71. The van der Waals surface area contributed by atoms with Gasteiger partial charge in [-0.1, -0.05) is 44.0 Å². The van der Waals surface area contributed by atoms with Crippen LogP contribution < -0.4 is 0 Å². The molecular formula is C21H26O4. The zero-order valence-corrected chi connectivity index (χ0v) is 15.0. The molecule has 0 saturated heterocycles. The Morgan fingerprint density at radius 1 is 0.960 bits per heavy atom. The molecule has 0 fully saturated rings. The zero-order chi connectivity index (χ0) is 18.4. The van der Waals surface area contributed by atoms with Gasteiger partial charge >= 0.3 is 5.97 Å². The monoisotopic (exact) mass is 342 g/mol. The molecule has 4 heteroatoms. The molecule has 0 bridgehead atoms. The van der Waals surface area contributed by atoms with Crippen LogP contribution >= 0.6 is 0 Å². The molecule has 4 nitrogen and oxygen atoms in total. The van der Waals surface area contributed by atoms with E-state index in [1.54, 1.807) is 48.5 Å². The summed E-state index contributed by atoms with van der Waals surface area (Å²) in [6.45, 7) is 5.73. The van der Waals surface area contributed by atoms with Gasteiger partial charge in [0, 0.05) is 0 Å². The summed E-state index contributed by atoms with van der Waals surface area (Å²) in [7, 11) is 0. The van der Waals surface area contributed by atoms with Crippen LogP contribution in [0.25, 0.3) is 0 Å². The number of hydrogen-bond acceptors (Lipinski definition) is 4. The lowest BCUT2D eigenvalue weighted by molar-refractivity contribution is -0.153. The van der Waals surface area contributed by atoms with E-state index in [1.807, 2.05) is 13.8 Å². The molecule has 0 aromatic heterocycles. The van der Waals surface area contributed by atoms with Crippen molar-refractivity contribution in [3.8, 4) is 11.5 Å². The molecule has 0 heterocycles. The van der Waals surface area contributed by atoms with Crippen LogP contribution in [0.2, 0.25) is 0 Å². The highest BCUT2D eigenvalue weighted by molar-refractivity contribution is 5.88. The van der Waals surface area contributed by atoms with Gasteiger partial charge in [0.05, 0.1) is 6.10 Å². The van der Waals surface area contributed by atoms with Crippen molar-refractivity contribution < 1.29 is 19.7 Å². The number of carbonyl (C=O) groups is 1.